The van der Waals surface area contributed by atoms with E-state index in [1.165, 1.54) is 0 Å². The standard InChI is InChI=1S/C11H10F7NO/c12-9(13)10(14,15)5-20-7-1-2-8(11(16,17)18)6(3-7)4-19/h1-3,9H,4-5,19H2. The molecular weight excluding hydrogens is 295 g/mol. The molecule has 0 fully saturated rings. The summed E-state index contributed by atoms with van der Waals surface area (Å²) in [5, 5.41) is 0. The Bertz CT molecular complexity index is 459. The van der Waals surface area contributed by atoms with E-state index in [1.807, 2.05) is 0 Å². The summed E-state index contributed by atoms with van der Waals surface area (Å²) >= 11 is 0. The summed E-state index contributed by atoms with van der Waals surface area (Å²) in [5.41, 5.74) is 3.71. The van der Waals surface area contributed by atoms with E-state index in [1.54, 1.807) is 0 Å². The number of nitrogens with two attached hydrogens (primary N) is 1. The Morgan fingerprint density at radius 2 is 1.70 bits per heavy atom. The number of halogens is 7. The smallest absolute Gasteiger partial charge is 0.416 e. The van der Waals surface area contributed by atoms with Gasteiger partial charge >= 0.3 is 18.5 Å². The van der Waals surface area contributed by atoms with Crippen molar-refractivity contribution in [3.63, 3.8) is 0 Å². The first-order chi connectivity index (χ1) is 9.08. The molecule has 0 aliphatic rings. The van der Waals surface area contributed by atoms with E-state index in [4.69, 9.17) is 5.73 Å². The molecule has 2 N–H and O–H groups in total. The van der Waals surface area contributed by atoms with Crippen LogP contribution in [0.5, 0.6) is 5.75 Å². The Morgan fingerprint density at radius 3 is 2.15 bits per heavy atom. The summed E-state index contributed by atoms with van der Waals surface area (Å²) in [4.78, 5) is 0. The molecule has 0 atom stereocenters. The molecule has 0 saturated carbocycles. The van der Waals surface area contributed by atoms with Crippen molar-refractivity contribution in [2.24, 2.45) is 5.73 Å². The minimum absolute atomic E-state index is 0.379. The molecule has 9 heteroatoms. The highest BCUT2D eigenvalue weighted by Gasteiger charge is 2.42. The van der Waals surface area contributed by atoms with E-state index in [9.17, 15) is 30.7 Å². The second kappa shape index (κ2) is 5.86. The third-order valence-corrected chi connectivity index (χ3v) is 2.35. The fraction of sp³-hybridized carbons (Fsp3) is 0.455. The molecule has 20 heavy (non-hydrogen) atoms. The van der Waals surface area contributed by atoms with Gasteiger partial charge in [0.1, 0.15) is 5.75 Å². The van der Waals surface area contributed by atoms with Gasteiger partial charge in [-0.3, -0.25) is 0 Å². The highest BCUT2D eigenvalue weighted by atomic mass is 19.4. The number of alkyl halides is 7. The number of hydrogen-bond donors (Lipinski definition) is 1. The third-order valence-electron chi connectivity index (χ3n) is 2.35. The predicted octanol–water partition coefficient (Wildman–Crippen LogP) is 3.44. The Balaban J connectivity index is 2.90. The van der Waals surface area contributed by atoms with Gasteiger partial charge in [-0.2, -0.15) is 22.0 Å². The monoisotopic (exact) mass is 305 g/mol. The molecule has 0 aliphatic carbocycles. The fourth-order valence-electron chi connectivity index (χ4n) is 1.35. The van der Waals surface area contributed by atoms with Gasteiger partial charge in [0.05, 0.1) is 5.56 Å². The maximum absolute atomic E-state index is 12.6. The van der Waals surface area contributed by atoms with E-state index in [2.05, 4.69) is 4.74 Å². The van der Waals surface area contributed by atoms with Gasteiger partial charge in [0, 0.05) is 6.54 Å². The SMILES string of the molecule is NCc1cc(OCC(F)(F)C(F)F)ccc1C(F)(F)F. The first-order valence-corrected chi connectivity index (χ1v) is 5.27. The van der Waals surface area contributed by atoms with Crippen molar-refractivity contribution < 1.29 is 35.5 Å². The zero-order valence-electron chi connectivity index (χ0n) is 9.85. The van der Waals surface area contributed by atoms with Crippen LogP contribution in [0.25, 0.3) is 0 Å². The van der Waals surface area contributed by atoms with Gasteiger partial charge in [-0.15, -0.1) is 0 Å². The van der Waals surface area contributed by atoms with Crippen LogP contribution >= 0.6 is 0 Å². The largest absolute Gasteiger partial charge is 0.487 e. The minimum Gasteiger partial charge on any atom is -0.487 e. The summed E-state index contributed by atoms with van der Waals surface area (Å²) in [5.74, 6) is -4.77. The lowest BCUT2D eigenvalue weighted by Gasteiger charge is -2.17. The van der Waals surface area contributed by atoms with Crippen LogP contribution in [-0.4, -0.2) is 19.0 Å². The Morgan fingerprint density at radius 1 is 1.10 bits per heavy atom. The van der Waals surface area contributed by atoms with Crippen molar-refractivity contribution in [2.75, 3.05) is 6.61 Å². The first kappa shape index (κ1) is 16.5. The molecule has 0 bridgehead atoms. The van der Waals surface area contributed by atoms with Crippen LogP contribution in [0.4, 0.5) is 30.7 Å². The van der Waals surface area contributed by atoms with Gasteiger partial charge in [-0.1, -0.05) is 0 Å². The normalized spacial score (nSPS) is 12.8. The van der Waals surface area contributed by atoms with Gasteiger partial charge < -0.3 is 10.5 Å². The molecule has 0 spiro atoms. The lowest BCUT2D eigenvalue weighted by molar-refractivity contribution is -0.148. The predicted molar refractivity (Wildman–Crippen MR) is 55.8 cm³/mol. The van der Waals surface area contributed by atoms with Crippen LogP contribution in [0, 0.1) is 0 Å². The molecule has 0 aromatic heterocycles. The number of rotatable bonds is 5. The van der Waals surface area contributed by atoms with Crippen LogP contribution in [0.15, 0.2) is 18.2 Å². The Hall–Kier alpha value is -1.51. The summed E-state index contributed by atoms with van der Waals surface area (Å²) in [6.45, 7) is -2.14. The highest BCUT2D eigenvalue weighted by molar-refractivity contribution is 5.37. The Kier molecular flexibility index (Phi) is 4.85. The first-order valence-electron chi connectivity index (χ1n) is 5.27. The van der Waals surface area contributed by atoms with Crippen LogP contribution in [0.2, 0.25) is 0 Å². The lowest BCUT2D eigenvalue weighted by atomic mass is 10.1. The fourth-order valence-corrected chi connectivity index (χ4v) is 1.35. The van der Waals surface area contributed by atoms with Gasteiger partial charge in [0.15, 0.2) is 6.61 Å². The van der Waals surface area contributed by atoms with Gasteiger partial charge in [0.2, 0.25) is 0 Å². The van der Waals surface area contributed by atoms with Crippen molar-refractivity contribution in [1.82, 2.24) is 0 Å². The molecule has 0 aliphatic heterocycles. The van der Waals surface area contributed by atoms with Crippen LogP contribution in [-0.2, 0) is 12.7 Å². The molecule has 0 heterocycles. The zero-order chi connectivity index (χ0) is 15.6. The molecule has 0 radical (unpaired) electrons. The molecule has 0 saturated heterocycles. The van der Waals surface area contributed by atoms with E-state index in [0.29, 0.717) is 6.07 Å². The number of hydrogen-bond acceptors (Lipinski definition) is 2. The molecule has 1 aromatic carbocycles. The summed E-state index contributed by atoms with van der Waals surface area (Å²) in [6, 6.07) is 2.16. The Labute approximate surface area is 109 Å². The second-order valence-electron chi connectivity index (χ2n) is 3.87. The van der Waals surface area contributed by atoms with Gasteiger partial charge in [-0.25, -0.2) is 8.78 Å². The van der Waals surface area contributed by atoms with Crippen LogP contribution in [0.3, 0.4) is 0 Å². The van der Waals surface area contributed by atoms with Crippen LogP contribution in [0.1, 0.15) is 11.1 Å². The molecule has 1 rings (SSSR count). The van der Waals surface area contributed by atoms with Crippen molar-refractivity contribution in [1.29, 1.82) is 0 Å². The quantitative estimate of drug-likeness (QED) is 0.846. The van der Waals surface area contributed by atoms with E-state index in [-0.39, 0.29) is 5.56 Å². The maximum atomic E-state index is 12.6. The van der Waals surface area contributed by atoms with Gasteiger partial charge in [-0.05, 0) is 23.8 Å². The number of ether oxygens (including phenoxy) is 1. The summed E-state index contributed by atoms with van der Waals surface area (Å²) in [7, 11) is 0. The topological polar surface area (TPSA) is 35.2 Å². The highest BCUT2D eigenvalue weighted by Crippen LogP contribution is 2.34. The van der Waals surface area contributed by atoms with Crippen molar-refractivity contribution in [3.8, 4) is 5.75 Å². The van der Waals surface area contributed by atoms with E-state index in [0.717, 1.165) is 12.1 Å². The number of benzene rings is 1. The van der Waals surface area contributed by atoms with E-state index >= 15 is 0 Å². The molecule has 0 unspecified atom stereocenters. The third kappa shape index (κ3) is 3.99. The molecule has 1 aromatic rings. The lowest BCUT2D eigenvalue weighted by Crippen LogP contribution is -2.33. The molecular formula is C11H10F7NO. The van der Waals surface area contributed by atoms with Crippen LogP contribution < -0.4 is 10.5 Å². The molecule has 114 valence electrons. The van der Waals surface area contributed by atoms with Gasteiger partial charge in [0.25, 0.3) is 0 Å². The average molecular weight is 305 g/mol. The zero-order valence-corrected chi connectivity index (χ0v) is 9.85. The molecule has 2 nitrogen and oxygen atoms in total. The average Bonchev–Trinajstić information content (AvgIpc) is 2.34. The van der Waals surface area contributed by atoms with Crippen molar-refractivity contribution >= 4 is 0 Å². The maximum Gasteiger partial charge on any atom is 0.416 e. The second-order valence-corrected chi connectivity index (χ2v) is 3.87. The van der Waals surface area contributed by atoms with Crippen molar-refractivity contribution in [2.45, 2.75) is 25.1 Å². The minimum atomic E-state index is -4.65. The van der Waals surface area contributed by atoms with Crippen molar-refractivity contribution in [3.05, 3.63) is 29.3 Å². The summed E-state index contributed by atoms with van der Waals surface area (Å²) < 4.78 is 91.0. The van der Waals surface area contributed by atoms with E-state index < -0.39 is 43.0 Å². The summed E-state index contributed by atoms with van der Waals surface area (Å²) in [6.07, 6.45) is -8.58. The molecule has 0 amide bonds.